The smallest absolute Gasteiger partial charge is 0.311 e. The molecule has 0 aliphatic rings. The molecule has 2 N–H and O–H groups in total. The van der Waals surface area contributed by atoms with Gasteiger partial charge in [0, 0.05) is 12.6 Å². The molecule has 0 aliphatic heterocycles. The molecule has 0 bridgehead atoms. The Morgan fingerprint density at radius 3 is 2.75 bits per heavy atom. The second-order valence-electron chi connectivity index (χ2n) is 4.51. The molecular formula is C12H14N4O4. The van der Waals surface area contributed by atoms with E-state index in [9.17, 15) is 14.9 Å². The second kappa shape index (κ2) is 5.97. The van der Waals surface area contributed by atoms with Crippen LogP contribution >= 0.6 is 0 Å². The predicted octanol–water partition coefficient (Wildman–Crippen LogP) is 1.77. The Kier molecular flexibility index (Phi) is 4.59. The zero-order chi connectivity index (χ0) is 15.3. The van der Waals surface area contributed by atoms with Gasteiger partial charge in [-0.2, -0.15) is 5.26 Å². The number of carbonyl (C=O) groups is 1. The monoisotopic (exact) mass is 278 g/mol. The quantitative estimate of drug-likeness (QED) is 0.599. The third kappa shape index (κ3) is 3.20. The van der Waals surface area contributed by atoms with Crippen LogP contribution in [0.25, 0.3) is 0 Å². The summed E-state index contributed by atoms with van der Waals surface area (Å²) in [6.07, 6.45) is 0.410. The SMILES string of the molecule is CCC(C)(CNc1ccc([N+](=O)[O-])c(C#N)n1)C(=O)O. The highest BCUT2D eigenvalue weighted by molar-refractivity contribution is 5.74. The van der Waals surface area contributed by atoms with Crippen LogP contribution in [0.2, 0.25) is 0 Å². The molecule has 8 heteroatoms. The molecule has 1 unspecified atom stereocenters. The van der Waals surface area contributed by atoms with Crippen molar-refractivity contribution in [3.05, 3.63) is 27.9 Å². The Morgan fingerprint density at radius 2 is 2.30 bits per heavy atom. The van der Waals surface area contributed by atoms with Crippen LogP contribution in [-0.2, 0) is 4.79 Å². The number of rotatable bonds is 6. The fraction of sp³-hybridized carbons (Fsp3) is 0.417. The number of aliphatic carboxylic acids is 1. The van der Waals surface area contributed by atoms with Crippen molar-refractivity contribution in [3.63, 3.8) is 0 Å². The van der Waals surface area contributed by atoms with Crippen molar-refractivity contribution in [3.8, 4) is 6.07 Å². The average Bonchev–Trinajstić information content (AvgIpc) is 2.43. The van der Waals surface area contributed by atoms with Crippen LogP contribution in [0.5, 0.6) is 0 Å². The average molecular weight is 278 g/mol. The van der Waals surface area contributed by atoms with Crippen molar-refractivity contribution in [1.82, 2.24) is 4.98 Å². The maximum absolute atomic E-state index is 11.1. The van der Waals surface area contributed by atoms with E-state index in [2.05, 4.69) is 10.3 Å². The van der Waals surface area contributed by atoms with E-state index < -0.39 is 16.3 Å². The number of nitrogens with one attached hydrogen (secondary N) is 1. The molecular weight excluding hydrogens is 264 g/mol. The van der Waals surface area contributed by atoms with Crippen molar-refractivity contribution in [2.75, 3.05) is 11.9 Å². The van der Waals surface area contributed by atoms with E-state index in [1.54, 1.807) is 19.9 Å². The Balaban J connectivity index is 2.93. The van der Waals surface area contributed by atoms with Gasteiger partial charge in [-0.3, -0.25) is 14.9 Å². The van der Waals surface area contributed by atoms with E-state index in [1.807, 2.05) is 0 Å². The standard InChI is InChI=1S/C12H14N4O4/c1-3-12(2,11(17)18)7-14-10-5-4-9(16(19)20)8(6-13)15-10/h4-5H,3,7H2,1-2H3,(H,14,15)(H,17,18). The first kappa shape index (κ1) is 15.4. The van der Waals surface area contributed by atoms with E-state index in [0.717, 1.165) is 6.07 Å². The Hall–Kier alpha value is -2.69. The molecule has 1 aromatic rings. The van der Waals surface area contributed by atoms with Gasteiger partial charge in [-0.1, -0.05) is 6.92 Å². The molecule has 106 valence electrons. The minimum absolute atomic E-state index is 0.106. The van der Waals surface area contributed by atoms with Crippen LogP contribution in [0.4, 0.5) is 11.5 Å². The minimum atomic E-state index is -0.976. The van der Waals surface area contributed by atoms with Gasteiger partial charge in [0.1, 0.15) is 11.9 Å². The highest BCUT2D eigenvalue weighted by Crippen LogP contribution is 2.23. The van der Waals surface area contributed by atoms with Crippen LogP contribution in [0.3, 0.4) is 0 Å². The molecule has 0 saturated carbocycles. The molecule has 1 rings (SSSR count). The first-order chi connectivity index (χ1) is 9.34. The Bertz CT molecular complexity index is 581. The Labute approximate surface area is 115 Å². The van der Waals surface area contributed by atoms with Crippen LogP contribution < -0.4 is 5.32 Å². The number of nitrogens with zero attached hydrogens (tertiary/aromatic N) is 3. The number of nitriles is 1. The molecule has 1 heterocycles. The number of carboxylic acids is 1. The molecule has 20 heavy (non-hydrogen) atoms. The lowest BCUT2D eigenvalue weighted by atomic mass is 9.88. The zero-order valence-electron chi connectivity index (χ0n) is 11.1. The number of anilines is 1. The number of pyridine rings is 1. The minimum Gasteiger partial charge on any atom is -0.481 e. The summed E-state index contributed by atoms with van der Waals surface area (Å²) in [5.74, 6) is -0.719. The van der Waals surface area contributed by atoms with Gasteiger partial charge >= 0.3 is 11.7 Å². The first-order valence-electron chi connectivity index (χ1n) is 5.87. The molecule has 8 nitrogen and oxygen atoms in total. The van der Waals surface area contributed by atoms with Gasteiger partial charge in [0.2, 0.25) is 5.69 Å². The summed E-state index contributed by atoms with van der Waals surface area (Å²) >= 11 is 0. The van der Waals surface area contributed by atoms with Gasteiger partial charge in [0.25, 0.3) is 0 Å². The maximum Gasteiger partial charge on any atom is 0.311 e. The summed E-state index contributed by atoms with van der Waals surface area (Å²) < 4.78 is 0. The number of hydrogen-bond donors (Lipinski definition) is 2. The first-order valence-corrected chi connectivity index (χ1v) is 5.87. The van der Waals surface area contributed by atoms with Crippen LogP contribution in [0.1, 0.15) is 26.0 Å². The molecule has 0 aromatic carbocycles. The fourth-order valence-electron chi connectivity index (χ4n) is 1.42. The van der Waals surface area contributed by atoms with Crippen LogP contribution in [0, 0.1) is 26.9 Å². The molecule has 0 spiro atoms. The summed E-state index contributed by atoms with van der Waals surface area (Å²) in [7, 11) is 0. The number of hydrogen-bond acceptors (Lipinski definition) is 6. The normalized spacial score (nSPS) is 13.1. The summed E-state index contributed by atoms with van der Waals surface area (Å²) in [6, 6.07) is 4.15. The molecule has 0 fully saturated rings. The van der Waals surface area contributed by atoms with Gasteiger partial charge in [-0.25, -0.2) is 4.98 Å². The van der Waals surface area contributed by atoms with Gasteiger partial charge in [0.15, 0.2) is 0 Å². The van der Waals surface area contributed by atoms with E-state index in [1.165, 1.54) is 6.07 Å². The maximum atomic E-state index is 11.1. The number of nitro groups is 1. The van der Waals surface area contributed by atoms with Crippen molar-refractivity contribution in [2.24, 2.45) is 5.41 Å². The largest absolute Gasteiger partial charge is 0.481 e. The Morgan fingerprint density at radius 1 is 1.65 bits per heavy atom. The second-order valence-corrected chi connectivity index (χ2v) is 4.51. The van der Waals surface area contributed by atoms with E-state index in [4.69, 9.17) is 10.4 Å². The van der Waals surface area contributed by atoms with Gasteiger partial charge in [0.05, 0.1) is 10.3 Å². The molecule has 1 aromatic heterocycles. The molecule has 1 atom stereocenters. The van der Waals surface area contributed by atoms with E-state index >= 15 is 0 Å². The third-order valence-electron chi connectivity index (χ3n) is 3.13. The molecule has 0 amide bonds. The van der Waals surface area contributed by atoms with Crippen molar-refractivity contribution < 1.29 is 14.8 Å². The summed E-state index contributed by atoms with van der Waals surface area (Å²) in [5.41, 5.74) is -1.67. The van der Waals surface area contributed by atoms with Crippen molar-refractivity contribution in [2.45, 2.75) is 20.3 Å². The molecule has 0 aliphatic carbocycles. The van der Waals surface area contributed by atoms with E-state index in [-0.39, 0.29) is 23.7 Å². The lowest BCUT2D eigenvalue weighted by molar-refractivity contribution is -0.385. The zero-order valence-corrected chi connectivity index (χ0v) is 11.1. The summed E-state index contributed by atoms with van der Waals surface area (Å²) in [4.78, 5) is 24.9. The van der Waals surface area contributed by atoms with Crippen LogP contribution in [-0.4, -0.2) is 27.5 Å². The highest BCUT2D eigenvalue weighted by Gasteiger charge is 2.31. The fourth-order valence-corrected chi connectivity index (χ4v) is 1.42. The molecule has 0 saturated heterocycles. The lowest BCUT2D eigenvalue weighted by Gasteiger charge is -2.23. The van der Waals surface area contributed by atoms with Gasteiger partial charge in [-0.15, -0.1) is 0 Å². The number of carboxylic acid groups (broad SMARTS) is 1. The molecule has 0 radical (unpaired) electrons. The van der Waals surface area contributed by atoms with Crippen molar-refractivity contribution >= 4 is 17.5 Å². The third-order valence-corrected chi connectivity index (χ3v) is 3.13. The number of aromatic nitrogens is 1. The summed E-state index contributed by atoms with van der Waals surface area (Å²) in [5, 5.41) is 31.4. The lowest BCUT2D eigenvalue weighted by Crippen LogP contribution is -2.34. The highest BCUT2D eigenvalue weighted by atomic mass is 16.6. The summed E-state index contributed by atoms with van der Waals surface area (Å²) in [6.45, 7) is 3.44. The van der Waals surface area contributed by atoms with Gasteiger partial charge in [-0.05, 0) is 19.4 Å². The van der Waals surface area contributed by atoms with Crippen LogP contribution in [0.15, 0.2) is 12.1 Å². The van der Waals surface area contributed by atoms with Gasteiger partial charge < -0.3 is 10.4 Å². The van der Waals surface area contributed by atoms with Crippen molar-refractivity contribution in [1.29, 1.82) is 5.26 Å². The van der Waals surface area contributed by atoms with E-state index in [0.29, 0.717) is 6.42 Å². The topological polar surface area (TPSA) is 129 Å². The predicted molar refractivity (Wildman–Crippen MR) is 70.1 cm³/mol.